The molecule has 6 rings (SSSR count). The summed E-state index contributed by atoms with van der Waals surface area (Å²) in [5.41, 5.74) is 1.70. The van der Waals surface area contributed by atoms with Gasteiger partial charge in [-0.3, -0.25) is 9.59 Å². The van der Waals surface area contributed by atoms with E-state index >= 15 is 0 Å². The molecular weight excluding hydrogens is 631 g/mol. The number of rotatable bonds is 9. The van der Waals surface area contributed by atoms with Crippen LogP contribution in [-0.2, 0) is 4.79 Å². The van der Waals surface area contributed by atoms with Gasteiger partial charge in [-0.15, -0.1) is 0 Å². The second-order valence-corrected chi connectivity index (χ2v) is 10.4. The lowest BCUT2D eigenvalue weighted by Crippen LogP contribution is -2.20. The number of nitrogens with one attached hydrogen (secondary N) is 1. The van der Waals surface area contributed by atoms with E-state index in [2.05, 4.69) is 26.3 Å². The molecule has 0 bridgehead atoms. The number of para-hydroxylation sites is 2. The molecule has 6 aromatic rings. The first-order valence-electron chi connectivity index (χ1n) is 13.6. The van der Waals surface area contributed by atoms with Gasteiger partial charge in [-0.25, -0.2) is 9.37 Å². The van der Waals surface area contributed by atoms with Crippen molar-refractivity contribution in [3.05, 3.63) is 117 Å². The maximum Gasteiger partial charge on any atom is 0.282 e. The first-order valence-corrected chi connectivity index (χ1v) is 14.4. The smallest absolute Gasteiger partial charge is 0.282 e. The lowest BCUT2D eigenvalue weighted by atomic mass is 10.2. The number of halogens is 2. The van der Waals surface area contributed by atoms with E-state index in [1.54, 1.807) is 36.4 Å². The standard InChI is InChI=1S/C33H24BrFN4O5/c1-2-42-28-15-20(14-25(34)31(28)43-19-30(40)37-23-10-7-9-22(35)17-23)18-36-39-32(29-16-21-8-3-6-13-27(21)44-29)38-26-12-5-4-11-24(26)33(39)41/h3-18H,2,19H2,1H3,(H,37,40). The first kappa shape index (κ1) is 28.8. The molecule has 11 heteroatoms. The molecule has 0 atom stereocenters. The lowest BCUT2D eigenvalue weighted by Gasteiger charge is -2.14. The fraction of sp³-hybridized carbons (Fsp3) is 0.0909. The minimum absolute atomic E-state index is 0.245. The summed E-state index contributed by atoms with van der Waals surface area (Å²) in [6.45, 7) is 1.79. The molecule has 0 fully saturated rings. The fourth-order valence-corrected chi connectivity index (χ4v) is 5.15. The molecule has 0 aliphatic rings. The number of carbonyl (C=O) groups excluding carboxylic acids is 1. The van der Waals surface area contributed by atoms with E-state index in [1.807, 2.05) is 43.3 Å². The second-order valence-electron chi connectivity index (χ2n) is 9.57. The number of fused-ring (bicyclic) bond motifs is 2. The zero-order valence-corrected chi connectivity index (χ0v) is 24.9. The number of nitrogens with zero attached hydrogens (tertiary/aromatic N) is 3. The summed E-state index contributed by atoms with van der Waals surface area (Å²) in [6, 6.07) is 25.3. The van der Waals surface area contributed by atoms with E-state index in [4.69, 9.17) is 18.9 Å². The molecule has 0 saturated carbocycles. The van der Waals surface area contributed by atoms with Gasteiger partial charge >= 0.3 is 0 Å². The maximum absolute atomic E-state index is 13.6. The van der Waals surface area contributed by atoms with Gasteiger partial charge in [-0.05, 0) is 83.0 Å². The highest BCUT2D eigenvalue weighted by molar-refractivity contribution is 9.10. The molecule has 0 unspecified atom stereocenters. The van der Waals surface area contributed by atoms with E-state index in [0.29, 0.717) is 56.1 Å². The van der Waals surface area contributed by atoms with Gasteiger partial charge in [0.1, 0.15) is 11.4 Å². The largest absolute Gasteiger partial charge is 0.490 e. The molecule has 1 N–H and O–H groups in total. The van der Waals surface area contributed by atoms with Gasteiger partial charge in [0.05, 0.1) is 28.2 Å². The van der Waals surface area contributed by atoms with Gasteiger partial charge in [0.25, 0.3) is 11.5 Å². The Kier molecular flexibility index (Phi) is 8.20. The van der Waals surface area contributed by atoms with Crippen LogP contribution in [0.4, 0.5) is 10.1 Å². The van der Waals surface area contributed by atoms with E-state index in [0.717, 1.165) is 5.39 Å². The molecule has 44 heavy (non-hydrogen) atoms. The molecule has 0 spiro atoms. The van der Waals surface area contributed by atoms with E-state index in [9.17, 15) is 14.0 Å². The van der Waals surface area contributed by atoms with Crippen molar-refractivity contribution in [2.45, 2.75) is 6.92 Å². The van der Waals surface area contributed by atoms with Crippen molar-refractivity contribution in [3.8, 4) is 23.1 Å². The molecule has 2 aromatic heterocycles. The highest BCUT2D eigenvalue weighted by Crippen LogP contribution is 2.37. The minimum atomic E-state index is -0.475. The van der Waals surface area contributed by atoms with Gasteiger partial charge in [-0.2, -0.15) is 9.78 Å². The van der Waals surface area contributed by atoms with Crippen LogP contribution < -0.4 is 20.3 Å². The highest BCUT2D eigenvalue weighted by atomic mass is 79.9. The highest BCUT2D eigenvalue weighted by Gasteiger charge is 2.18. The Bertz CT molecular complexity index is 2070. The van der Waals surface area contributed by atoms with E-state index < -0.39 is 11.7 Å². The number of aromatic nitrogens is 2. The summed E-state index contributed by atoms with van der Waals surface area (Å²) in [5, 5.41) is 8.38. The van der Waals surface area contributed by atoms with Crippen LogP contribution in [0.25, 0.3) is 33.5 Å². The molecule has 1 amide bonds. The first-order chi connectivity index (χ1) is 21.4. The van der Waals surface area contributed by atoms with Gasteiger partial charge in [0.15, 0.2) is 23.9 Å². The number of carbonyl (C=O) groups is 1. The molecule has 2 heterocycles. The Morgan fingerprint density at radius 2 is 1.86 bits per heavy atom. The van der Waals surface area contributed by atoms with Crippen LogP contribution in [0.15, 0.2) is 110 Å². The summed E-state index contributed by atoms with van der Waals surface area (Å²) >= 11 is 3.49. The molecule has 220 valence electrons. The Hall–Kier alpha value is -5.29. The molecule has 0 saturated heterocycles. The zero-order chi connectivity index (χ0) is 30.6. The monoisotopic (exact) mass is 654 g/mol. The van der Waals surface area contributed by atoms with Crippen LogP contribution in [-0.4, -0.2) is 35.0 Å². The van der Waals surface area contributed by atoms with Gasteiger partial charge in [0, 0.05) is 11.1 Å². The SMILES string of the molecule is CCOc1cc(C=Nn2c(-c3cc4ccccc4o3)nc3ccccc3c2=O)cc(Br)c1OCC(=O)Nc1cccc(F)c1. The second kappa shape index (κ2) is 12.5. The molecule has 0 radical (unpaired) electrons. The Balaban J connectivity index is 1.32. The van der Waals surface area contributed by atoms with Crippen LogP contribution in [0.5, 0.6) is 11.5 Å². The number of furan rings is 1. The molecule has 4 aromatic carbocycles. The van der Waals surface area contributed by atoms with Crippen molar-refractivity contribution in [2.75, 3.05) is 18.5 Å². The number of amides is 1. The average Bonchev–Trinajstić information content (AvgIpc) is 3.45. The number of hydrogen-bond acceptors (Lipinski definition) is 7. The average molecular weight is 655 g/mol. The van der Waals surface area contributed by atoms with Crippen molar-refractivity contribution < 1.29 is 23.1 Å². The van der Waals surface area contributed by atoms with Crippen LogP contribution in [0.3, 0.4) is 0 Å². The third-order valence-electron chi connectivity index (χ3n) is 6.51. The molecule has 0 aliphatic heterocycles. The predicted molar refractivity (Wildman–Crippen MR) is 170 cm³/mol. The summed E-state index contributed by atoms with van der Waals surface area (Å²) < 4.78 is 32.8. The van der Waals surface area contributed by atoms with Gasteiger partial charge in [-0.1, -0.05) is 36.4 Å². The third-order valence-corrected chi connectivity index (χ3v) is 7.10. The predicted octanol–water partition coefficient (Wildman–Crippen LogP) is 7.01. The fourth-order valence-electron chi connectivity index (χ4n) is 4.57. The van der Waals surface area contributed by atoms with Crippen LogP contribution >= 0.6 is 15.9 Å². The van der Waals surface area contributed by atoms with Crippen LogP contribution in [0, 0.1) is 5.82 Å². The van der Waals surface area contributed by atoms with E-state index in [1.165, 1.54) is 29.1 Å². The number of hydrogen-bond donors (Lipinski definition) is 1. The normalized spacial score (nSPS) is 11.3. The molecule has 0 aliphatic carbocycles. The van der Waals surface area contributed by atoms with Crippen LogP contribution in [0.2, 0.25) is 0 Å². The number of anilines is 1. The summed E-state index contributed by atoms with van der Waals surface area (Å²) in [6.07, 6.45) is 1.50. The minimum Gasteiger partial charge on any atom is -0.490 e. The van der Waals surface area contributed by atoms with Gasteiger partial charge < -0.3 is 19.2 Å². The number of benzene rings is 4. The van der Waals surface area contributed by atoms with E-state index in [-0.39, 0.29) is 18.0 Å². The quantitative estimate of drug-likeness (QED) is 0.168. The van der Waals surface area contributed by atoms with Gasteiger partial charge in [0.2, 0.25) is 5.82 Å². The van der Waals surface area contributed by atoms with Crippen molar-refractivity contribution in [3.63, 3.8) is 0 Å². The molecule has 9 nitrogen and oxygen atoms in total. The maximum atomic E-state index is 13.6. The topological polar surface area (TPSA) is 108 Å². The van der Waals surface area contributed by atoms with Crippen molar-refractivity contribution in [1.29, 1.82) is 0 Å². The summed E-state index contributed by atoms with van der Waals surface area (Å²) in [5.74, 6) is 0.345. The van der Waals surface area contributed by atoms with Crippen molar-refractivity contribution in [1.82, 2.24) is 9.66 Å². The van der Waals surface area contributed by atoms with Crippen molar-refractivity contribution in [2.24, 2.45) is 5.10 Å². The number of ether oxygens (including phenoxy) is 2. The summed E-state index contributed by atoms with van der Waals surface area (Å²) in [7, 11) is 0. The molecular formula is C33H24BrFN4O5. The summed E-state index contributed by atoms with van der Waals surface area (Å²) in [4.78, 5) is 30.8. The Morgan fingerprint density at radius 1 is 1.05 bits per heavy atom. The Morgan fingerprint density at radius 3 is 2.68 bits per heavy atom. The Labute approximate surface area is 258 Å². The zero-order valence-electron chi connectivity index (χ0n) is 23.3. The third kappa shape index (κ3) is 6.09. The van der Waals surface area contributed by atoms with Crippen LogP contribution in [0.1, 0.15) is 12.5 Å². The lowest BCUT2D eigenvalue weighted by molar-refractivity contribution is -0.118. The van der Waals surface area contributed by atoms with Crippen molar-refractivity contribution >= 4 is 55.6 Å².